The van der Waals surface area contributed by atoms with Crippen LogP contribution in [-0.4, -0.2) is 184 Å². The van der Waals surface area contributed by atoms with Gasteiger partial charge in [0, 0.05) is 26.1 Å². The summed E-state index contributed by atoms with van der Waals surface area (Å²) in [5, 5.41) is 51.5. The molecule has 0 bridgehead atoms. The van der Waals surface area contributed by atoms with Gasteiger partial charge in [0.05, 0.1) is 12.5 Å². The summed E-state index contributed by atoms with van der Waals surface area (Å²) >= 11 is 0. The van der Waals surface area contributed by atoms with Crippen LogP contribution in [0.1, 0.15) is 131 Å². The molecular formula is C57H98N20O15. The lowest BCUT2D eigenvalue weighted by Crippen LogP contribution is -2.61. The van der Waals surface area contributed by atoms with Gasteiger partial charge in [0.25, 0.3) is 0 Å². The van der Waals surface area contributed by atoms with Crippen molar-refractivity contribution < 1.29 is 72.9 Å². The topological polar surface area (TPSA) is 619 Å². The molecule has 10 amide bonds. The van der Waals surface area contributed by atoms with Crippen molar-refractivity contribution in [3.05, 3.63) is 29.8 Å². The third-order valence-electron chi connectivity index (χ3n) is 14.0. The number of nitrogens with two attached hydrogens (primary N) is 8. The minimum atomic E-state index is -1.86. The average Bonchev–Trinajstić information content (AvgIpc) is 2.29. The lowest BCUT2D eigenvalue weighted by Gasteiger charge is -2.29. The first-order valence-corrected chi connectivity index (χ1v) is 30.2. The Bertz CT molecular complexity index is 2740. The molecule has 0 radical (unpaired) electrons. The molecule has 0 saturated carbocycles. The molecule has 1 aromatic rings. The number of nitrogens with one attached hydrogen (secondary N) is 9. The van der Waals surface area contributed by atoms with E-state index >= 15 is 0 Å². The molecule has 28 N–H and O–H groups in total. The number of amides is 10. The summed E-state index contributed by atoms with van der Waals surface area (Å²) in [6.45, 7) is 11.7. The van der Waals surface area contributed by atoms with Crippen LogP contribution in [0, 0.1) is 17.8 Å². The fourth-order valence-electron chi connectivity index (χ4n) is 8.90. The standard InChI is InChI=1S/C57H98N20O15/c1-8-30(6)44(77-45(82)31(7)69-50(87)39(24-28(2)3)74-47(84)35(12-9-21-66-55(60)61)70-46(83)34(58)26-32-15-17-33(78)18-16-32)53(90)72-36(13-10-22-67-56(62)63)48(85)75-40(25-29(4)5)51(88)76-41(27-42(59)79)52(89)71-37(19-20-43(80)81)49(86)73-38(54(91)92)14-11-23-68-57(64)65/h15-18,28-31,34-41,44,78H,8-14,19-27,58H2,1-7H3,(H2,59,79)(H,69,87)(H,70,83)(H,71,89)(H,72,90)(H,73,86)(H,74,84)(H,75,85)(H,76,88)(H,77,82)(H,80,81)(H,91,92)(H4,60,61,66)(H4,62,63,67)(H4,64,65,68)/t30-,31-,34-,35-,36-,37-,38-,39-,40-,41-,44-/m0/s1. The Balaban J connectivity index is 3.52. The highest BCUT2D eigenvalue weighted by atomic mass is 16.4. The van der Waals surface area contributed by atoms with Crippen LogP contribution in [0.25, 0.3) is 0 Å². The van der Waals surface area contributed by atoms with Gasteiger partial charge >= 0.3 is 11.9 Å². The molecule has 0 aromatic heterocycles. The molecule has 516 valence electrons. The number of carboxylic acids is 2. The van der Waals surface area contributed by atoms with Gasteiger partial charge in [-0.25, -0.2) is 4.79 Å². The minimum Gasteiger partial charge on any atom is -0.508 e. The second-order valence-corrected chi connectivity index (χ2v) is 23.1. The fourth-order valence-corrected chi connectivity index (χ4v) is 8.90. The van der Waals surface area contributed by atoms with Gasteiger partial charge in [-0.2, -0.15) is 0 Å². The number of phenolic OH excluding ortho intramolecular Hbond substituents is 1. The van der Waals surface area contributed by atoms with Gasteiger partial charge in [-0.15, -0.1) is 0 Å². The molecule has 0 aliphatic rings. The Morgan fingerprint density at radius 2 is 0.826 bits per heavy atom. The SMILES string of the molecule is CC[C@H](C)[C@H](NC(=O)[C@H](C)NC(=O)[C@H](CC(C)C)NC(=O)[C@H](CCCN=C(N)N)NC(=O)[C@@H](N)Cc1ccc(O)cc1)C(=O)N[C@@H](CCCN=C(N)N)C(=O)N[C@@H](CC(C)C)C(=O)N[C@@H](CC(N)=O)C(=O)N[C@@H](CCC(=O)O)C(=O)N[C@@H](CCCN=C(N)N)C(=O)O. The smallest absolute Gasteiger partial charge is 0.326 e. The van der Waals surface area contributed by atoms with E-state index < -0.39 is 157 Å². The largest absolute Gasteiger partial charge is 0.508 e. The van der Waals surface area contributed by atoms with E-state index in [1.54, 1.807) is 53.7 Å². The lowest BCUT2D eigenvalue weighted by molar-refractivity contribution is -0.143. The highest BCUT2D eigenvalue weighted by Crippen LogP contribution is 2.15. The van der Waals surface area contributed by atoms with Crippen LogP contribution < -0.4 is 93.7 Å². The van der Waals surface area contributed by atoms with E-state index in [1.165, 1.54) is 19.1 Å². The molecule has 0 saturated heterocycles. The van der Waals surface area contributed by atoms with Gasteiger partial charge in [-0.3, -0.25) is 67.7 Å². The number of rotatable bonds is 44. The van der Waals surface area contributed by atoms with Crippen LogP contribution >= 0.6 is 0 Å². The molecule has 0 fully saturated rings. The van der Waals surface area contributed by atoms with E-state index in [1.807, 2.05) is 0 Å². The summed E-state index contributed by atoms with van der Waals surface area (Å²) < 4.78 is 0. The van der Waals surface area contributed by atoms with E-state index in [-0.39, 0.29) is 113 Å². The predicted octanol–water partition coefficient (Wildman–Crippen LogP) is -5.23. The summed E-state index contributed by atoms with van der Waals surface area (Å²) in [4.78, 5) is 173. The number of aliphatic imine (C=N–C) groups is 3. The first-order valence-electron chi connectivity index (χ1n) is 30.2. The number of hydrogen-bond donors (Lipinski definition) is 20. The maximum Gasteiger partial charge on any atom is 0.326 e. The third kappa shape index (κ3) is 32.8. The second-order valence-electron chi connectivity index (χ2n) is 23.1. The fraction of sp³-hybridized carbons (Fsp3) is 0.632. The van der Waals surface area contributed by atoms with E-state index in [0.717, 1.165) is 0 Å². The van der Waals surface area contributed by atoms with Crippen molar-refractivity contribution in [2.24, 2.45) is 78.6 Å². The number of aromatic hydroxyl groups is 1. The van der Waals surface area contributed by atoms with E-state index in [9.17, 15) is 72.9 Å². The normalized spacial score (nSPS) is 14.6. The van der Waals surface area contributed by atoms with E-state index in [0.29, 0.717) is 12.0 Å². The summed E-state index contributed by atoms with van der Waals surface area (Å²) in [7, 11) is 0. The number of aliphatic carboxylic acids is 2. The van der Waals surface area contributed by atoms with Crippen molar-refractivity contribution in [1.82, 2.24) is 47.9 Å². The summed E-state index contributed by atoms with van der Waals surface area (Å²) in [5.74, 6) is -14.2. The van der Waals surface area contributed by atoms with Crippen LogP contribution in [0.3, 0.4) is 0 Å². The molecule has 0 unspecified atom stereocenters. The highest BCUT2D eigenvalue weighted by molar-refractivity contribution is 5.99. The number of carbonyl (C=O) groups is 12. The zero-order valence-corrected chi connectivity index (χ0v) is 53.3. The number of primary amides is 1. The predicted molar refractivity (Wildman–Crippen MR) is 339 cm³/mol. The number of hydrogen-bond acceptors (Lipinski definition) is 17. The number of carbonyl (C=O) groups excluding carboxylic acids is 10. The number of nitrogens with zero attached hydrogens (tertiary/aromatic N) is 3. The molecule has 0 aliphatic carbocycles. The Hall–Kier alpha value is -9.57. The van der Waals surface area contributed by atoms with Gasteiger partial charge in [-0.1, -0.05) is 60.1 Å². The van der Waals surface area contributed by atoms with Crippen LogP contribution in [-0.2, 0) is 64.0 Å². The average molecular weight is 1300 g/mol. The van der Waals surface area contributed by atoms with E-state index in [4.69, 9.17) is 45.9 Å². The first-order chi connectivity index (χ1) is 43.0. The van der Waals surface area contributed by atoms with Crippen molar-refractivity contribution in [3.8, 4) is 5.75 Å². The molecular weight excluding hydrogens is 1200 g/mol. The number of phenols is 1. The Kier molecular flexibility index (Phi) is 36.4. The van der Waals surface area contributed by atoms with Crippen molar-refractivity contribution in [2.75, 3.05) is 19.6 Å². The molecule has 92 heavy (non-hydrogen) atoms. The lowest BCUT2D eigenvalue weighted by atomic mass is 9.97. The summed E-state index contributed by atoms with van der Waals surface area (Å²) in [6, 6.07) is -8.44. The van der Waals surface area contributed by atoms with Gasteiger partial charge < -0.3 is 109 Å². The van der Waals surface area contributed by atoms with Gasteiger partial charge in [0.15, 0.2) is 17.9 Å². The van der Waals surface area contributed by atoms with Crippen LogP contribution in [0.15, 0.2) is 39.2 Å². The molecule has 1 aromatic carbocycles. The maximum atomic E-state index is 14.4. The zero-order valence-electron chi connectivity index (χ0n) is 53.3. The van der Waals surface area contributed by atoms with E-state index in [2.05, 4.69) is 62.8 Å². The van der Waals surface area contributed by atoms with Crippen molar-refractivity contribution in [1.29, 1.82) is 0 Å². The first kappa shape index (κ1) is 80.4. The molecule has 0 spiro atoms. The van der Waals surface area contributed by atoms with Gasteiger partial charge in [-0.05, 0) is 107 Å². The summed E-state index contributed by atoms with van der Waals surface area (Å²) in [6.07, 6.45) is -1.85. The quantitative estimate of drug-likeness (QED) is 0.0165. The molecule has 35 nitrogen and oxygen atoms in total. The molecule has 0 heterocycles. The van der Waals surface area contributed by atoms with Crippen molar-refractivity contribution in [2.45, 2.75) is 192 Å². The third-order valence-corrected chi connectivity index (χ3v) is 14.0. The van der Waals surface area contributed by atoms with Crippen LogP contribution in [0.4, 0.5) is 0 Å². The van der Waals surface area contributed by atoms with Crippen LogP contribution in [0.2, 0.25) is 0 Å². The van der Waals surface area contributed by atoms with Gasteiger partial charge in [0.1, 0.15) is 60.1 Å². The molecule has 1 rings (SSSR count). The monoisotopic (exact) mass is 1300 g/mol. The number of benzene rings is 1. The molecule has 0 aliphatic heterocycles. The van der Waals surface area contributed by atoms with Crippen molar-refractivity contribution in [3.63, 3.8) is 0 Å². The zero-order chi connectivity index (χ0) is 69.9. The molecule has 11 atom stereocenters. The highest BCUT2D eigenvalue weighted by Gasteiger charge is 2.37. The molecule has 35 heteroatoms. The second kappa shape index (κ2) is 41.7. The van der Waals surface area contributed by atoms with Gasteiger partial charge in [0.2, 0.25) is 59.1 Å². The summed E-state index contributed by atoms with van der Waals surface area (Å²) in [5.41, 5.74) is 45.0. The van der Waals surface area contributed by atoms with Crippen molar-refractivity contribution >= 4 is 88.9 Å². The Labute approximate surface area is 534 Å². The minimum absolute atomic E-state index is 0.00121. The maximum absolute atomic E-state index is 14.4. The number of guanidine groups is 3. The Morgan fingerprint density at radius 1 is 0.457 bits per heavy atom. The number of carboxylic acid groups (broad SMARTS) is 2. The van der Waals surface area contributed by atoms with Crippen LogP contribution in [0.5, 0.6) is 5.75 Å². The Morgan fingerprint density at radius 3 is 1.24 bits per heavy atom.